The Kier molecular flexibility index (Phi) is 6.84. The molecule has 0 aromatic heterocycles. The van der Waals surface area contributed by atoms with Gasteiger partial charge in [0.25, 0.3) is 0 Å². The van der Waals surface area contributed by atoms with Gasteiger partial charge in [-0.2, -0.15) is 0 Å². The van der Waals surface area contributed by atoms with Crippen molar-refractivity contribution in [1.29, 1.82) is 0 Å². The highest BCUT2D eigenvalue weighted by Crippen LogP contribution is 2.09. The maximum atomic E-state index is 11.8. The van der Waals surface area contributed by atoms with Gasteiger partial charge in [0.15, 0.2) is 0 Å². The van der Waals surface area contributed by atoms with Crippen molar-refractivity contribution in [2.75, 3.05) is 25.0 Å². The van der Waals surface area contributed by atoms with Crippen molar-refractivity contribution in [1.82, 2.24) is 4.90 Å². The number of anilines is 1. The quantitative estimate of drug-likeness (QED) is 0.887. The summed E-state index contributed by atoms with van der Waals surface area (Å²) in [5.74, 6) is 0.0797. The minimum atomic E-state index is 0. The van der Waals surface area contributed by atoms with Gasteiger partial charge in [0.05, 0.1) is 0 Å². The highest BCUT2D eigenvalue weighted by Gasteiger charge is 2.16. The average molecular weight is 284 g/mol. The molecule has 5 heteroatoms. The Labute approximate surface area is 120 Å². The van der Waals surface area contributed by atoms with Gasteiger partial charge in [-0.25, -0.2) is 0 Å². The van der Waals surface area contributed by atoms with Crippen LogP contribution in [0.5, 0.6) is 0 Å². The van der Waals surface area contributed by atoms with Gasteiger partial charge in [0.1, 0.15) is 0 Å². The molecule has 106 valence electrons. The van der Waals surface area contributed by atoms with Crippen LogP contribution >= 0.6 is 12.4 Å². The minimum absolute atomic E-state index is 0. The molecule has 1 heterocycles. The number of carbonyl (C=O) groups is 1. The number of likely N-dealkylation sites (tertiary alicyclic amines) is 1. The zero-order chi connectivity index (χ0) is 12.8. The van der Waals surface area contributed by atoms with Crippen molar-refractivity contribution in [2.45, 2.75) is 25.3 Å². The molecule has 1 saturated heterocycles. The molecule has 1 aliphatic heterocycles. The van der Waals surface area contributed by atoms with Gasteiger partial charge < -0.3 is 16.0 Å². The first-order chi connectivity index (χ1) is 8.74. The van der Waals surface area contributed by atoms with Crippen molar-refractivity contribution in [3.8, 4) is 0 Å². The molecule has 0 atom stereocenters. The number of benzene rings is 1. The number of nitrogens with zero attached hydrogens (tertiary/aromatic N) is 1. The lowest BCUT2D eigenvalue weighted by molar-refractivity contribution is -0.116. The van der Waals surface area contributed by atoms with Gasteiger partial charge in [0, 0.05) is 24.7 Å². The summed E-state index contributed by atoms with van der Waals surface area (Å²) in [5.41, 5.74) is 6.71. The molecule has 1 fully saturated rings. The molecule has 0 bridgehead atoms. The van der Waals surface area contributed by atoms with Crippen LogP contribution in [0.2, 0.25) is 0 Å². The molecule has 0 aliphatic carbocycles. The van der Waals surface area contributed by atoms with Crippen LogP contribution in [0.1, 0.15) is 19.3 Å². The van der Waals surface area contributed by atoms with E-state index in [2.05, 4.69) is 10.2 Å². The van der Waals surface area contributed by atoms with Crippen LogP contribution in [-0.4, -0.2) is 36.5 Å². The van der Waals surface area contributed by atoms with Crippen LogP contribution in [0.15, 0.2) is 30.3 Å². The van der Waals surface area contributed by atoms with Crippen LogP contribution in [0.3, 0.4) is 0 Å². The highest BCUT2D eigenvalue weighted by atomic mass is 35.5. The second kappa shape index (κ2) is 8.15. The molecule has 1 aromatic carbocycles. The third kappa shape index (κ3) is 5.59. The van der Waals surface area contributed by atoms with Crippen molar-refractivity contribution in [3.05, 3.63) is 30.3 Å². The number of rotatable bonds is 4. The minimum Gasteiger partial charge on any atom is -0.328 e. The Balaban J connectivity index is 0.00000180. The fourth-order valence-corrected chi connectivity index (χ4v) is 2.18. The fourth-order valence-electron chi connectivity index (χ4n) is 2.18. The molecular formula is C14H22ClN3O. The van der Waals surface area contributed by atoms with Crippen LogP contribution in [0, 0.1) is 0 Å². The maximum absolute atomic E-state index is 11.8. The van der Waals surface area contributed by atoms with E-state index >= 15 is 0 Å². The summed E-state index contributed by atoms with van der Waals surface area (Å²) in [7, 11) is 0. The van der Waals surface area contributed by atoms with E-state index in [4.69, 9.17) is 5.73 Å². The van der Waals surface area contributed by atoms with Gasteiger partial charge in [0.2, 0.25) is 5.91 Å². The average Bonchev–Trinajstić information content (AvgIpc) is 2.39. The van der Waals surface area contributed by atoms with Crippen molar-refractivity contribution < 1.29 is 4.79 Å². The van der Waals surface area contributed by atoms with E-state index in [0.717, 1.165) is 38.2 Å². The Morgan fingerprint density at radius 3 is 2.53 bits per heavy atom. The molecule has 1 aliphatic rings. The maximum Gasteiger partial charge on any atom is 0.225 e. The molecular weight excluding hydrogens is 262 g/mol. The summed E-state index contributed by atoms with van der Waals surface area (Å²) in [6, 6.07) is 9.92. The monoisotopic (exact) mass is 283 g/mol. The number of para-hydroxylation sites is 1. The van der Waals surface area contributed by atoms with Gasteiger partial charge in [-0.15, -0.1) is 12.4 Å². The first kappa shape index (κ1) is 16.0. The predicted octanol–water partition coefficient (Wildman–Crippen LogP) is 1.86. The highest BCUT2D eigenvalue weighted by molar-refractivity contribution is 5.90. The Morgan fingerprint density at radius 1 is 1.26 bits per heavy atom. The summed E-state index contributed by atoms with van der Waals surface area (Å²) in [6.45, 7) is 2.85. The van der Waals surface area contributed by atoms with Crippen molar-refractivity contribution in [3.63, 3.8) is 0 Å². The topological polar surface area (TPSA) is 58.4 Å². The number of hydrogen-bond donors (Lipinski definition) is 2. The molecule has 19 heavy (non-hydrogen) atoms. The van der Waals surface area contributed by atoms with Crippen LogP contribution in [-0.2, 0) is 4.79 Å². The first-order valence-electron chi connectivity index (χ1n) is 6.57. The number of nitrogens with two attached hydrogens (primary N) is 1. The van der Waals surface area contributed by atoms with E-state index in [1.807, 2.05) is 30.3 Å². The SMILES string of the molecule is Cl.NC1CCN(CCC(=O)Nc2ccccc2)CC1. The zero-order valence-electron chi connectivity index (χ0n) is 11.0. The van der Waals surface area contributed by atoms with E-state index in [1.165, 1.54) is 0 Å². The lowest BCUT2D eigenvalue weighted by Crippen LogP contribution is -2.40. The van der Waals surface area contributed by atoms with Crippen LogP contribution < -0.4 is 11.1 Å². The van der Waals surface area contributed by atoms with E-state index in [9.17, 15) is 4.79 Å². The Hall–Kier alpha value is -1.10. The normalized spacial score (nSPS) is 16.7. The van der Waals surface area contributed by atoms with E-state index in [0.29, 0.717) is 12.5 Å². The molecule has 0 spiro atoms. The Morgan fingerprint density at radius 2 is 1.89 bits per heavy atom. The standard InChI is InChI=1S/C14H21N3O.ClH/c15-12-6-9-17(10-7-12)11-8-14(18)16-13-4-2-1-3-5-13;/h1-5,12H,6-11,15H2,(H,16,18);1H. The second-order valence-corrected chi connectivity index (χ2v) is 4.84. The third-order valence-electron chi connectivity index (χ3n) is 3.34. The number of piperidine rings is 1. The summed E-state index contributed by atoms with van der Waals surface area (Å²) < 4.78 is 0. The molecule has 0 saturated carbocycles. The van der Waals surface area contributed by atoms with E-state index < -0.39 is 0 Å². The largest absolute Gasteiger partial charge is 0.328 e. The van der Waals surface area contributed by atoms with Gasteiger partial charge in [-0.05, 0) is 38.1 Å². The first-order valence-corrected chi connectivity index (χ1v) is 6.57. The zero-order valence-corrected chi connectivity index (χ0v) is 11.9. The molecule has 0 radical (unpaired) electrons. The number of halogens is 1. The van der Waals surface area contributed by atoms with Crippen molar-refractivity contribution >= 4 is 24.0 Å². The third-order valence-corrected chi connectivity index (χ3v) is 3.34. The number of hydrogen-bond acceptors (Lipinski definition) is 3. The Bertz CT molecular complexity index is 378. The summed E-state index contributed by atoms with van der Waals surface area (Å²) in [5, 5.41) is 2.90. The molecule has 1 aromatic rings. The van der Waals surface area contributed by atoms with Gasteiger partial charge in [-0.1, -0.05) is 18.2 Å². The van der Waals surface area contributed by atoms with E-state index in [1.54, 1.807) is 0 Å². The number of nitrogens with one attached hydrogen (secondary N) is 1. The number of carbonyl (C=O) groups excluding carboxylic acids is 1. The smallest absolute Gasteiger partial charge is 0.225 e. The molecule has 4 nitrogen and oxygen atoms in total. The van der Waals surface area contributed by atoms with Gasteiger partial charge >= 0.3 is 0 Å². The lowest BCUT2D eigenvalue weighted by atomic mass is 10.1. The lowest BCUT2D eigenvalue weighted by Gasteiger charge is -2.29. The number of amides is 1. The van der Waals surface area contributed by atoms with Gasteiger partial charge in [-0.3, -0.25) is 4.79 Å². The molecule has 1 amide bonds. The van der Waals surface area contributed by atoms with Crippen LogP contribution in [0.4, 0.5) is 5.69 Å². The summed E-state index contributed by atoms with van der Waals surface area (Å²) >= 11 is 0. The predicted molar refractivity (Wildman–Crippen MR) is 80.6 cm³/mol. The second-order valence-electron chi connectivity index (χ2n) is 4.84. The fraction of sp³-hybridized carbons (Fsp3) is 0.500. The molecule has 3 N–H and O–H groups in total. The van der Waals surface area contributed by atoms with Crippen molar-refractivity contribution in [2.24, 2.45) is 5.73 Å². The molecule has 0 unspecified atom stereocenters. The summed E-state index contributed by atoms with van der Waals surface area (Å²) in [6.07, 6.45) is 2.63. The van der Waals surface area contributed by atoms with E-state index in [-0.39, 0.29) is 18.3 Å². The molecule has 2 rings (SSSR count). The van der Waals surface area contributed by atoms with Crippen LogP contribution in [0.25, 0.3) is 0 Å². The summed E-state index contributed by atoms with van der Waals surface area (Å²) in [4.78, 5) is 14.1.